The zero-order valence-electron chi connectivity index (χ0n) is 27.8. The summed E-state index contributed by atoms with van der Waals surface area (Å²) in [6.07, 6.45) is 2.98. The van der Waals surface area contributed by atoms with Crippen LogP contribution in [0, 0.1) is 35.5 Å². The molecule has 0 atom stereocenters. The van der Waals surface area contributed by atoms with E-state index in [0.717, 1.165) is 72.3 Å². The molecular weight excluding hydrogens is 591 g/mol. The average molecular weight is 630 g/mol. The first-order valence-electron chi connectivity index (χ1n) is 17.0. The summed E-state index contributed by atoms with van der Waals surface area (Å²) in [6, 6.07) is 56.6. The van der Waals surface area contributed by atoms with Crippen LogP contribution in [-0.2, 0) is 19.3 Å². The molecule has 6 aromatic rings. The van der Waals surface area contributed by atoms with Crippen LogP contribution in [0.5, 0.6) is 0 Å². The molecule has 0 aliphatic heterocycles. The van der Waals surface area contributed by atoms with Gasteiger partial charge in [0.25, 0.3) is 0 Å². The summed E-state index contributed by atoms with van der Waals surface area (Å²) < 4.78 is 0. The van der Waals surface area contributed by atoms with Crippen LogP contribution in [-0.4, -0.2) is 24.5 Å². The highest BCUT2D eigenvalue weighted by atomic mass is 15.1. The van der Waals surface area contributed by atoms with Crippen LogP contribution in [0.3, 0.4) is 0 Å². The number of rotatable bonds is 9. The molecule has 0 radical (unpaired) electrons. The maximum atomic E-state index is 3.29. The molecule has 0 bridgehead atoms. The molecule has 0 saturated carbocycles. The van der Waals surface area contributed by atoms with Crippen molar-refractivity contribution in [3.63, 3.8) is 0 Å². The molecule has 236 valence electrons. The standard InChI is InChI=1S/C48H39N/c1-4-10-40(11-5-1)16-19-43-22-28-46(29-23-43)34-37-49(38-35-47-30-24-44(25-31-47)20-17-41-12-6-2-7-13-41)39-36-48-32-26-45(27-33-48)21-18-42-14-8-3-9-15-42/h1-15,22-33H,34-39H2. The number of nitrogens with zero attached hydrogens (tertiary/aromatic N) is 1. The molecule has 0 spiro atoms. The van der Waals surface area contributed by atoms with E-state index in [1.807, 2.05) is 91.0 Å². The van der Waals surface area contributed by atoms with Crippen LogP contribution < -0.4 is 0 Å². The Morgan fingerprint density at radius 3 is 0.735 bits per heavy atom. The molecule has 0 aliphatic carbocycles. The second-order valence-corrected chi connectivity index (χ2v) is 12.0. The Morgan fingerprint density at radius 1 is 0.265 bits per heavy atom. The van der Waals surface area contributed by atoms with E-state index in [9.17, 15) is 0 Å². The summed E-state index contributed by atoms with van der Waals surface area (Å²) in [5, 5.41) is 0. The van der Waals surface area contributed by atoms with E-state index in [1.165, 1.54) is 16.7 Å². The van der Waals surface area contributed by atoms with Gasteiger partial charge in [0.2, 0.25) is 0 Å². The van der Waals surface area contributed by atoms with Crippen LogP contribution in [0.25, 0.3) is 0 Å². The summed E-state index contributed by atoms with van der Waals surface area (Å²) >= 11 is 0. The first-order valence-corrected chi connectivity index (χ1v) is 17.0. The summed E-state index contributed by atoms with van der Waals surface area (Å²) in [5.41, 5.74) is 10.2. The molecule has 0 aromatic heterocycles. The zero-order valence-corrected chi connectivity index (χ0v) is 27.8. The third-order valence-electron chi connectivity index (χ3n) is 8.39. The van der Waals surface area contributed by atoms with Gasteiger partial charge in [0.05, 0.1) is 0 Å². The minimum Gasteiger partial charge on any atom is -0.302 e. The lowest BCUT2D eigenvalue weighted by Crippen LogP contribution is -2.30. The van der Waals surface area contributed by atoms with Crippen molar-refractivity contribution in [3.05, 3.63) is 214 Å². The molecule has 1 heteroatoms. The van der Waals surface area contributed by atoms with Crippen LogP contribution in [0.4, 0.5) is 0 Å². The minimum atomic E-state index is 0.994. The minimum absolute atomic E-state index is 0.994. The van der Waals surface area contributed by atoms with Crippen molar-refractivity contribution in [1.82, 2.24) is 4.90 Å². The third kappa shape index (κ3) is 11.0. The lowest BCUT2D eigenvalue weighted by molar-refractivity contribution is 0.284. The zero-order chi connectivity index (χ0) is 33.4. The Kier molecular flexibility index (Phi) is 11.9. The fraction of sp³-hybridized carbons (Fsp3) is 0.125. The molecule has 1 nitrogen and oxygen atoms in total. The van der Waals surface area contributed by atoms with Crippen molar-refractivity contribution in [3.8, 4) is 35.5 Å². The van der Waals surface area contributed by atoms with Crippen LogP contribution in [0.15, 0.2) is 164 Å². The Labute approximate surface area is 292 Å². The molecule has 6 rings (SSSR count). The van der Waals surface area contributed by atoms with Crippen molar-refractivity contribution >= 4 is 0 Å². The van der Waals surface area contributed by atoms with Gasteiger partial charge in [0.1, 0.15) is 0 Å². The Balaban J connectivity index is 1.07. The Bertz CT molecular complexity index is 1830. The number of hydrogen-bond acceptors (Lipinski definition) is 1. The van der Waals surface area contributed by atoms with E-state index in [1.54, 1.807) is 0 Å². The van der Waals surface area contributed by atoms with Gasteiger partial charge in [0.15, 0.2) is 0 Å². The molecule has 0 heterocycles. The monoisotopic (exact) mass is 629 g/mol. The lowest BCUT2D eigenvalue weighted by Gasteiger charge is -2.23. The maximum absolute atomic E-state index is 3.29. The summed E-state index contributed by atoms with van der Waals surface area (Å²) in [7, 11) is 0. The second-order valence-electron chi connectivity index (χ2n) is 12.0. The van der Waals surface area contributed by atoms with Crippen LogP contribution >= 0.6 is 0 Å². The highest BCUT2D eigenvalue weighted by Crippen LogP contribution is 2.11. The van der Waals surface area contributed by atoms with Gasteiger partial charge in [0, 0.05) is 53.0 Å². The lowest BCUT2D eigenvalue weighted by atomic mass is 10.1. The summed E-state index contributed by atoms with van der Waals surface area (Å²) in [5.74, 6) is 19.7. The van der Waals surface area contributed by atoms with E-state index in [0.29, 0.717) is 0 Å². The molecule has 0 fully saturated rings. The van der Waals surface area contributed by atoms with Gasteiger partial charge in [-0.1, -0.05) is 127 Å². The average Bonchev–Trinajstić information content (AvgIpc) is 3.17. The Hall–Kier alpha value is -6.04. The van der Waals surface area contributed by atoms with Crippen LogP contribution in [0.1, 0.15) is 50.1 Å². The predicted octanol–water partition coefficient (Wildman–Crippen LogP) is 9.22. The fourth-order valence-electron chi connectivity index (χ4n) is 5.46. The quantitative estimate of drug-likeness (QED) is 0.144. The van der Waals surface area contributed by atoms with Gasteiger partial charge in [-0.15, -0.1) is 0 Å². The number of benzene rings is 6. The van der Waals surface area contributed by atoms with E-state index < -0.39 is 0 Å². The normalized spacial score (nSPS) is 10.2. The second kappa shape index (κ2) is 17.8. The van der Waals surface area contributed by atoms with E-state index in [-0.39, 0.29) is 0 Å². The van der Waals surface area contributed by atoms with Crippen molar-refractivity contribution in [1.29, 1.82) is 0 Å². The van der Waals surface area contributed by atoms with Gasteiger partial charge in [-0.05, 0) is 109 Å². The predicted molar refractivity (Wildman–Crippen MR) is 204 cm³/mol. The van der Waals surface area contributed by atoms with Gasteiger partial charge in [-0.2, -0.15) is 0 Å². The van der Waals surface area contributed by atoms with Crippen molar-refractivity contribution < 1.29 is 0 Å². The Morgan fingerprint density at radius 2 is 0.490 bits per heavy atom. The van der Waals surface area contributed by atoms with E-state index in [2.05, 4.69) is 113 Å². The largest absolute Gasteiger partial charge is 0.302 e. The highest BCUT2D eigenvalue weighted by Gasteiger charge is 2.08. The number of hydrogen-bond donors (Lipinski definition) is 0. The first kappa shape index (κ1) is 32.9. The van der Waals surface area contributed by atoms with Gasteiger partial charge >= 0.3 is 0 Å². The fourth-order valence-corrected chi connectivity index (χ4v) is 5.46. The SMILES string of the molecule is C(#Cc1ccc(CCN(CCc2ccc(C#Cc3ccccc3)cc2)CCc2ccc(C#Cc3ccccc3)cc2)cc1)c1ccccc1. The van der Waals surface area contributed by atoms with E-state index in [4.69, 9.17) is 0 Å². The third-order valence-corrected chi connectivity index (χ3v) is 8.39. The van der Waals surface area contributed by atoms with Gasteiger partial charge in [-0.3, -0.25) is 0 Å². The highest BCUT2D eigenvalue weighted by molar-refractivity contribution is 5.45. The summed E-state index contributed by atoms with van der Waals surface area (Å²) in [4.78, 5) is 2.59. The van der Waals surface area contributed by atoms with Crippen molar-refractivity contribution in [2.24, 2.45) is 0 Å². The van der Waals surface area contributed by atoms with Gasteiger partial charge < -0.3 is 4.90 Å². The first-order chi connectivity index (χ1) is 24.2. The topological polar surface area (TPSA) is 3.24 Å². The summed E-state index contributed by atoms with van der Waals surface area (Å²) in [6.45, 7) is 2.99. The molecule has 49 heavy (non-hydrogen) atoms. The molecule has 0 amide bonds. The van der Waals surface area contributed by atoms with Crippen molar-refractivity contribution in [2.45, 2.75) is 19.3 Å². The molecule has 0 unspecified atom stereocenters. The molecule has 0 aliphatic rings. The molecule has 6 aromatic carbocycles. The molecule has 0 saturated heterocycles. The molecule has 0 N–H and O–H groups in total. The van der Waals surface area contributed by atoms with Crippen LogP contribution in [0.2, 0.25) is 0 Å². The van der Waals surface area contributed by atoms with Crippen molar-refractivity contribution in [2.75, 3.05) is 19.6 Å². The van der Waals surface area contributed by atoms with E-state index >= 15 is 0 Å². The smallest absolute Gasteiger partial charge is 0.0249 e. The maximum Gasteiger partial charge on any atom is 0.0249 e. The van der Waals surface area contributed by atoms with Gasteiger partial charge in [-0.25, -0.2) is 0 Å². The molecular formula is C48H39N.